The maximum atomic E-state index is 10.9. The average molecular weight is 210 g/mol. The maximum absolute atomic E-state index is 10.9. The summed E-state index contributed by atoms with van der Waals surface area (Å²) in [5, 5.41) is 15.2. The molecule has 2 rings (SSSR count). The number of likely N-dealkylation sites (N-methyl/N-ethyl adjacent to an activating group) is 1. The summed E-state index contributed by atoms with van der Waals surface area (Å²) in [7, 11) is 2.06. The molecule has 0 atom stereocenters. The normalized spacial score (nSPS) is 18.1. The molecule has 2 heterocycles. The molecule has 0 spiro atoms. The van der Waals surface area contributed by atoms with E-state index in [0.717, 1.165) is 26.2 Å². The van der Waals surface area contributed by atoms with Gasteiger partial charge in [0.05, 0.1) is 5.69 Å². The number of anilines is 1. The van der Waals surface area contributed by atoms with Gasteiger partial charge < -0.3 is 14.9 Å². The standard InChI is InChI=1S/C9H14N4O2/c1-12-2-4-13(5-3-12)7-6-10-11-8(7)9(14)15/h6H,2-5H2,1H3,(H,10,11)(H,14,15). The molecule has 1 fully saturated rings. The molecule has 0 aliphatic carbocycles. The van der Waals surface area contributed by atoms with Gasteiger partial charge in [0.1, 0.15) is 0 Å². The monoisotopic (exact) mass is 210 g/mol. The van der Waals surface area contributed by atoms with Crippen molar-refractivity contribution in [2.24, 2.45) is 0 Å². The molecule has 82 valence electrons. The van der Waals surface area contributed by atoms with Crippen molar-refractivity contribution in [1.82, 2.24) is 15.1 Å². The van der Waals surface area contributed by atoms with Gasteiger partial charge in [-0.25, -0.2) is 4.79 Å². The average Bonchev–Trinajstić information content (AvgIpc) is 2.67. The van der Waals surface area contributed by atoms with Crippen LogP contribution in [0.2, 0.25) is 0 Å². The SMILES string of the molecule is CN1CCN(c2c[nH]nc2C(=O)O)CC1. The molecule has 15 heavy (non-hydrogen) atoms. The van der Waals surface area contributed by atoms with E-state index in [9.17, 15) is 4.79 Å². The van der Waals surface area contributed by atoms with E-state index in [1.807, 2.05) is 4.90 Å². The molecule has 0 bridgehead atoms. The third-order valence-electron chi connectivity index (χ3n) is 2.67. The van der Waals surface area contributed by atoms with Crippen molar-refractivity contribution in [3.63, 3.8) is 0 Å². The van der Waals surface area contributed by atoms with Crippen molar-refractivity contribution in [1.29, 1.82) is 0 Å². The van der Waals surface area contributed by atoms with Crippen LogP contribution in [0.4, 0.5) is 5.69 Å². The zero-order chi connectivity index (χ0) is 10.8. The van der Waals surface area contributed by atoms with Gasteiger partial charge in [0.2, 0.25) is 0 Å². The van der Waals surface area contributed by atoms with Crippen molar-refractivity contribution < 1.29 is 9.90 Å². The number of hydrogen-bond acceptors (Lipinski definition) is 4. The van der Waals surface area contributed by atoms with Gasteiger partial charge in [-0.05, 0) is 7.05 Å². The summed E-state index contributed by atoms with van der Waals surface area (Å²) in [6, 6.07) is 0. The lowest BCUT2D eigenvalue weighted by Crippen LogP contribution is -2.44. The van der Waals surface area contributed by atoms with E-state index in [1.54, 1.807) is 6.20 Å². The zero-order valence-corrected chi connectivity index (χ0v) is 8.60. The minimum atomic E-state index is -0.981. The lowest BCUT2D eigenvalue weighted by Gasteiger charge is -2.33. The number of rotatable bonds is 2. The fourth-order valence-corrected chi connectivity index (χ4v) is 1.73. The highest BCUT2D eigenvalue weighted by Gasteiger charge is 2.21. The largest absolute Gasteiger partial charge is 0.476 e. The molecule has 0 radical (unpaired) electrons. The second kappa shape index (κ2) is 3.90. The minimum absolute atomic E-state index is 0.111. The van der Waals surface area contributed by atoms with Crippen LogP contribution in [0.25, 0.3) is 0 Å². The van der Waals surface area contributed by atoms with Gasteiger partial charge >= 0.3 is 5.97 Å². The fraction of sp³-hybridized carbons (Fsp3) is 0.556. The van der Waals surface area contributed by atoms with E-state index >= 15 is 0 Å². The molecule has 1 aliphatic rings. The number of carbonyl (C=O) groups is 1. The van der Waals surface area contributed by atoms with Crippen LogP contribution in [-0.2, 0) is 0 Å². The van der Waals surface area contributed by atoms with Crippen LogP contribution in [0.15, 0.2) is 6.20 Å². The first-order valence-corrected chi connectivity index (χ1v) is 4.89. The van der Waals surface area contributed by atoms with Crippen LogP contribution < -0.4 is 4.90 Å². The molecule has 0 unspecified atom stereocenters. The molecular formula is C9H14N4O2. The van der Waals surface area contributed by atoms with Gasteiger partial charge in [-0.15, -0.1) is 0 Å². The van der Waals surface area contributed by atoms with Gasteiger partial charge in [0, 0.05) is 32.4 Å². The smallest absolute Gasteiger partial charge is 0.358 e. The van der Waals surface area contributed by atoms with E-state index in [2.05, 4.69) is 22.1 Å². The van der Waals surface area contributed by atoms with Crippen molar-refractivity contribution in [3.8, 4) is 0 Å². The van der Waals surface area contributed by atoms with Gasteiger partial charge in [0.25, 0.3) is 0 Å². The molecular weight excluding hydrogens is 196 g/mol. The summed E-state index contributed by atoms with van der Waals surface area (Å²) >= 11 is 0. The van der Waals surface area contributed by atoms with Crippen LogP contribution in [0.5, 0.6) is 0 Å². The summed E-state index contributed by atoms with van der Waals surface area (Å²) in [6.45, 7) is 3.58. The molecule has 0 aromatic carbocycles. The number of aromatic carboxylic acids is 1. The molecule has 1 saturated heterocycles. The van der Waals surface area contributed by atoms with Gasteiger partial charge in [-0.2, -0.15) is 5.10 Å². The summed E-state index contributed by atoms with van der Waals surface area (Å²) in [4.78, 5) is 15.1. The Labute approximate surface area is 87.5 Å². The number of aromatic amines is 1. The first-order chi connectivity index (χ1) is 7.18. The Morgan fingerprint density at radius 2 is 2.13 bits per heavy atom. The maximum Gasteiger partial charge on any atom is 0.358 e. The Morgan fingerprint density at radius 3 is 2.73 bits per heavy atom. The molecule has 1 aliphatic heterocycles. The number of nitrogens with one attached hydrogen (secondary N) is 1. The zero-order valence-electron chi connectivity index (χ0n) is 8.60. The van der Waals surface area contributed by atoms with E-state index in [-0.39, 0.29) is 5.69 Å². The number of aromatic nitrogens is 2. The Kier molecular flexibility index (Phi) is 2.59. The van der Waals surface area contributed by atoms with E-state index < -0.39 is 5.97 Å². The molecule has 1 aromatic heterocycles. The highest BCUT2D eigenvalue weighted by molar-refractivity contribution is 5.92. The highest BCUT2D eigenvalue weighted by Crippen LogP contribution is 2.19. The Morgan fingerprint density at radius 1 is 1.47 bits per heavy atom. The lowest BCUT2D eigenvalue weighted by atomic mass is 10.2. The third-order valence-corrected chi connectivity index (χ3v) is 2.67. The number of carboxylic acids is 1. The third kappa shape index (κ3) is 1.94. The van der Waals surface area contributed by atoms with Gasteiger partial charge in [-0.3, -0.25) is 5.10 Å². The minimum Gasteiger partial charge on any atom is -0.476 e. The van der Waals surface area contributed by atoms with Crippen LogP contribution in [0.3, 0.4) is 0 Å². The number of H-pyrrole nitrogens is 1. The Bertz CT molecular complexity index is 355. The Hall–Kier alpha value is -1.56. The number of nitrogens with zero attached hydrogens (tertiary/aromatic N) is 3. The molecule has 2 N–H and O–H groups in total. The van der Waals surface area contributed by atoms with Crippen molar-refractivity contribution in [2.45, 2.75) is 0 Å². The van der Waals surface area contributed by atoms with Gasteiger partial charge in [-0.1, -0.05) is 0 Å². The van der Waals surface area contributed by atoms with Crippen molar-refractivity contribution >= 4 is 11.7 Å². The molecule has 6 heteroatoms. The lowest BCUT2D eigenvalue weighted by molar-refractivity contribution is 0.0691. The predicted molar refractivity (Wildman–Crippen MR) is 55.3 cm³/mol. The second-order valence-electron chi connectivity index (χ2n) is 3.71. The van der Waals surface area contributed by atoms with Crippen LogP contribution in [0.1, 0.15) is 10.5 Å². The van der Waals surface area contributed by atoms with E-state index in [1.165, 1.54) is 0 Å². The molecule has 1 aromatic rings. The summed E-state index contributed by atoms with van der Waals surface area (Å²) in [5.41, 5.74) is 0.801. The first kappa shape index (κ1) is 9.97. The quantitative estimate of drug-likeness (QED) is 0.710. The summed E-state index contributed by atoms with van der Waals surface area (Å²) < 4.78 is 0. The number of piperazine rings is 1. The molecule has 0 saturated carbocycles. The van der Waals surface area contributed by atoms with Gasteiger partial charge in [0.15, 0.2) is 5.69 Å². The summed E-state index contributed by atoms with van der Waals surface area (Å²) in [5.74, 6) is -0.981. The van der Waals surface area contributed by atoms with E-state index in [4.69, 9.17) is 5.11 Å². The topological polar surface area (TPSA) is 72.5 Å². The summed E-state index contributed by atoms with van der Waals surface area (Å²) in [6.07, 6.45) is 1.65. The molecule has 6 nitrogen and oxygen atoms in total. The van der Waals surface area contributed by atoms with Crippen LogP contribution in [-0.4, -0.2) is 59.4 Å². The first-order valence-electron chi connectivity index (χ1n) is 4.89. The Balaban J connectivity index is 2.15. The molecule has 0 amide bonds. The second-order valence-corrected chi connectivity index (χ2v) is 3.71. The van der Waals surface area contributed by atoms with Crippen LogP contribution in [0, 0.1) is 0 Å². The number of carboxylic acid groups (broad SMARTS) is 1. The number of hydrogen-bond donors (Lipinski definition) is 2. The predicted octanol–water partition coefficient (Wildman–Crippen LogP) is -0.140. The highest BCUT2D eigenvalue weighted by atomic mass is 16.4. The van der Waals surface area contributed by atoms with Crippen molar-refractivity contribution in [2.75, 3.05) is 38.1 Å². The van der Waals surface area contributed by atoms with Crippen LogP contribution >= 0.6 is 0 Å². The van der Waals surface area contributed by atoms with E-state index in [0.29, 0.717) is 5.69 Å². The fourth-order valence-electron chi connectivity index (χ4n) is 1.73. The van der Waals surface area contributed by atoms with Crippen molar-refractivity contribution in [3.05, 3.63) is 11.9 Å².